The van der Waals surface area contributed by atoms with E-state index in [0.29, 0.717) is 0 Å². The van der Waals surface area contributed by atoms with E-state index in [9.17, 15) is 0 Å². The molecule has 21 heavy (non-hydrogen) atoms. The van der Waals surface area contributed by atoms with E-state index in [-0.39, 0.29) is 6.04 Å². The zero-order valence-electron chi connectivity index (χ0n) is 11.4. The van der Waals surface area contributed by atoms with E-state index >= 15 is 0 Å². The maximum absolute atomic E-state index is 4.52. The van der Waals surface area contributed by atoms with Crippen molar-refractivity contribution >= 4 is 21.8 Å². The highest BCUT2D eigenvalue weighted by Crippen LogP contribution is 2.42. The second-order valence-corrected chi connectivity index (χ2v) is 5.99. The zero-order chi connectivity index (χ0) is 14.1. The number of fused-ring (bicyclic) bond motifs is 1. The van der Waals surface area contributed by atoms with Gasteiger partial charge in [-0.15, -0.1) is 0 Å². The Labute approximate surface area is 128 Å². The van der Waals surface area contributed by atoms with Crippen LogP contribution in [0.15, 0.2) is 84.1 Å². The summed E-state index contributed by atoms with van der Waals surface area (Å²) < 4.78 is 0. The third-order valence-electron chi connectivity index (χ3n) is 3.63. The van der Waals surface area contributed by atoms with Crippen LogP contribution in [0.5, 0.6) is 0 Å². The first-order valence-corrected chi connectivity index (χ1v) is 7.76. The lowest BCUT2D eigenvalue weighted by molar-refractivity contribution is 0.490. The largest absolute Gasteiger partial charge is 0.315 e. The molecule has 1 unspecified atom stereocenters. The third kappa shape index (κ3) is 2.30. The number of amidine groups is 1. The molecule has 0 amide bonds. The molecule has 0 N–H and O–H groups in total. The monoisotopic (exact) mass is 290 g/mol. The Hall–Kier alpha value is -2.26. The predicted molar refractivity (Wildman–Crippen MR) is 89.6 cm³/mol. The highest BCUT2D eigenvalue weighted by atomic mass is 32.2. The van der Waals surface area contributed by atoms with Crippen LogP contribution in [0.4, 0.5) is 0 Å². The standard InChI is InChI=1S/C18H14N2S/c1-3-7-14(8-4-1)16-11-12-19-18-20(16)13-17(21-18)15-9-5-2-6-10-15/h1-13,16H. The molecule has 2 aromatic carbocycles. The van der Waals surface area contributed by atoms with Crippen molar-refractivity contribution in [2.75, 3.05) is 0 Å². The van der Waals surface area contributed by atoms with Gasteiger partial charge in [0.1, 0.15) is 0 Å². The van der Waals surface area contributed by atoms with Gasteiger partial charge >= 0.3 is 0 Å². The predicted octanol–water partition coefficient (Wildman–Crippen LogP) is 4.66. The Morgan fingerprint density at radius 1 is 0.905 bits per heavy atom. The van der Waals surface area contributed by atoms with Gasteiger partial charge in [0, 0.05) is 17.3 Å². The van der Waals surface area contributed by atoms with E-state index in [4.69, 9.17) is 0 Å². The molecule has 0 aromatic heterocycles. The van der Waals surface area contributed by atoms with E-state index in [0.717, 1.165) is 5.17 Å². The Morgan fingerprint density at radius 3 is 2.38 bits per heavy atom. The quantitative estimate of drug-likeness (QED) is 0.799. The molecule has 0 spiro atoms. The highest BCUT2D eigenvalue weighted by Gasteiger charge is 2.29. The van der Waals surface area contributed by atoms with Gasteiger partial charge in [-0.25, -0.2) is 4.99 Å². The van der Waals surface area contributed by atoms with E-state index in [2.05, 4.69) is 76.8 Å². The third-order valence-corrected chi connectivity index (χ3v) is 4.69. The first kappa shape index (κ1) is 12.5. The van der Waals surface area contributed by atoms with E-state index in [1.165, 1.54) is 16.0 Å². The minimum absolute atomic E-state index is 0.229. The lowest BCUT2D eigenvalue weighted by Crippen LogP contribution is -2.26. The fourth-order valence-electron chi connectivity index (χ4n) is 2.59. The first-order chi connectivity index (χ1) is 10.4. The van der Waals surface area contributed by atoms with Gasteiger partial charge in [-0.05, 0) is 29.0 Å². The van der Waals surface area contributed by atoms with E-state index < -0.39 is 0 Å². The number of hydrogen-bond donors (Lipinski definition) is 0. The number of aliphatic imine (C=N–C) groups is 1. The second kappa shape index (κ2) is 5.26. The minimum atomic E-state index is 0.229. The number of nitrogens with zero attached hydrogens (tertiary/aromatic N) is 2. The second-order valence-electron chi connectivity index (χ2n) is 4.98. The maximum atomic E-state index is 4.52. The molecule has 2 aromatic rings. The average Bonchev–Trinajstić information content (AvgIpc) is 3.00. The van der Waals surface area contributed by atoms with Crippen LogP contribution in [0, 0.1) is 0 Å². The van der Waals surface area contributed by atoms with Crippen molar-refractivity contribution < 1.29 is 0 Å². The van der Waals surface area contributed by atoms with Gasteiger partial charge in [0.2, 0.25) is 0 Å². The maximum Gasteiger partial charge on any atom is 0.173 e. The number of rotatable bonds is 2. The summed E-state index contributed by atoms with van der Waals surface area (Å²) in [7, 11) is 0. The molecule has 1 atom stereocenters. The summed E-state index contributed by atoms with van der Waals surface area (Å²) in [5.74, 6) is 0. The zero-order valence-corrected chi connectivity index (χ0v) is 12.2. The molecule has 0 saturated carbocycles. The highest BCUT2D eigenvalue weighted by molar-refractivity contribution is 8.22. The van der Waals surface area contributed by atoms with Gasteiger partial charge in [-0.3, -0.25) is 0 Å². The van der Waals surface area contributed by atoms with Gasteiger partial charge in [-0.2, -0.15) is 0 Å². The lowest BCUT2D eigenvalue weighted by Gasteiger charge is -2.27. The summed E-state index contributed by atoms with van der Waals surface area (Å²) in [6, 6.07) is 21.2. The van der Waals surface area contributed by atoms with Crippen LogP contribution in [-0.4, -0.2) is 10.1 Å². The van der Waals surface area contributed by atoms with Crippen molar-refractivity contribution in [3.8, 4) is 0 Å². The average molecular weight is 290 g/mol. The fraction of sp³-hybridized carbons (Fsp3) is 0.0556. The number of hydrogen-bond acceptors (Lipinski definition) is 3. The summed E-state index contributed by atoms with van der Waals surface area (Å²) >= 11 is 1.73. The first-order valence-electron chi connectivity index (χ1n) is 6.95. The molecule has 0 fully saturated rings. The van der Waals surface area contributed by atoms with Crippen molar-refractivity contribution in [3.63, 3.8) is 0 Å². The fourth-order valence-corrected chi connectivity index (χ4v) is 3.59. The molecule has 2 aliphatic rings. The molecule has 0 bridgehead atoms. The van der Waals surface area contributed by atoms with Crippen LogP contribution in [0.3, 0.4) is 0 Å². The van der Waals surface area contributed by atoms with Gasteiger partial charge < -0.3 is 4.90 Å². The van der Waals surface area contributed by atoms with Crippen molar-refractivity contribution in [3.05, 3.63) is 90.3 Å². The molecular formula is C18H14N2S. The number of benzene rings is 2. The molecular weight excluding hydrogens is 276 g/mol. The lowest BCUT2D eigenvalue weighted by atomic mass is 10.1. The number of thioether (sulfide) groups is 1. The molecule has 2 aliphatic heterocycles. The van der Waals surface area contributed by atoms with E-state index in [1.807, 2.05) is 12.3 Å². The van der Waals surface area contributed by atoms with Crippen LogP contribution >= 0.6 is 11.8 Å². The molecule has 0 aliphatic carbocycles. The van der Waals surface area contributed by atoms with Crippen molar-refractivity contribution in [2.45, 2.75) is 6.04 Å². The summed E-state index contributed by atoms with van der Waals surface area (Å²) in [5, 5.41) is 1.05. The minimum Gasteiger partial charge on any atom is -0.315 e. The van der Waals surface area contributed by atoms with Gasteiger partial charge in [0.25, 0.3) is 0 Å². The van der Waals surface area contributed by atoms with E-state index in [1.54, 1.807) is 11.8 Å². The van der Waals surface area contributed by atoms with Gasteiger partial charge in [-0.1, -0.05) is 60.7 Å². The molecule has 0 saturated heterocycles. The Bertz CT molecular complexity index is 732. The smallest absolute Gasteiger partial charge is 0.173 e. The molecule has 4 rings (SSSR count). The van der Waals surface area contributed by atoms with Crippen LogP contribution in [-0.2, 0) is 0 Å². The van der Waals surface area contributed by atoms with Gasteiger partial charge in [0.05, 0.1) is 6.04 Å². The van der Waals surface area contributed by atoms with Crippen LogP contribution in [0.25, 0.3) is 4.91 Å². The summed E-state index contributed by atoms with van der Waals surface area (Å²) in [4.78, 5) is 8.02. The van der Waals surface area contributed by atoms with Crippen molar-refractivity contribution in [2.24, 2.45) is 4.99 Å². The Kier molecular flexibility index (Phi) is 3.13. The SMILES string of the molecule is C1=CC(c2ccccc2)N2C=C(c3ccccc3)SC2=N1. The molecule has 2 nitrogen and oxygen atoms in total. The summed E-state index contributed by atoms with van der Waals surface area (Å²) in [5.41, 5.74) is 2.53. The topological polar surface area (TPSA) is 15.6 Å². The molecule has 2 heterocycles. The van der Waals surface area contributed by atoms with Crippen LogP contribution in [0.1, 0.15) is 17.2 Å². The molecule has 102 valence electrons. The Balaban J connectivity index is 1.70. The van der Waals surface area contributed by atoms with Crippen molar-refractivity contribution in [1.29, 1.82) is 0 Å². The van der Waals surface area contributed by atoms with Crippen molar-refractivity contribution in [1.82, 2.24) is 4.90 Å². The molecule has 0 radical (unpaired) electrons. The van der Waals surface area contributed by atoms with Gasteiger partial charge in [0.15, 0.2) is 5.17 Å². The van der Waals surface area contributed by atoms with Crippen LogP contribution < -0.4 is 0 Å². The van der Waals surface area contributed by atoms with Crippen LogP contribution in [0.2, 0.25) is 0 Å². The normalized spacial score (nSPS) is 20.0. The molecule has 3 heteroatoms. The Morgan fingerprint density at radius 2 is 1.62 bits per heavy atom. The summed E-state index contributed by atoms with van der Waals surface area (Å²) in [6.45, 7) is 0. The summed E-state index contributed by atoms with van der Waals surface area (Å²) in [6.07, 6.45) is 6.27.